The maximum absolute atomic E-state index is 13.1. The molecule has 206 valence electrons. The van der Waals surface area contributed by atoms with E-state index in [9.17, 15) is 9.59 Å². The Hall–Kier alpha value is -4.47. The van der Waals surface area contributed by atoms with E-state index >= 15 is 0 Å². The van der Waals surface area contributed by atoms with E-state index in [-0.39, 0.29) is 24.8 Å². The Labute approximate surface area is 234 Å². The van der Waals surface area contributed by atoms with Crippen molar-refractivity contribution in [2.45, 2.75) is 26.1 Å². The predicted octanol–water partition coefficient (Wildman–Crippen LogP) is 3.73. The summed E-state index contributed by atoms with van der Waals surface area (Å²) in [5, 5.41) is 2.97. The van der Waals surface area contributed by atoms with Crippen LogP contribution in [0.2, 0.25) is 0 Å². The van der Waals surface area contributed by atoms with Crippen LogP contribution in [-0.4, -0.2) is 63.4 Å². The summed E-state index contributed by atoms with van der Waals surface area (Å²) in [7, 11) is 1.37. The molecule has 0 saturated heterocycles. The smallest absolute Gasteiger partial charge is 0.309 e. The molecule has 0 radical (unpaired) electrons. The first-order valence-electron chi connectivity index (χ1n) is 13.2. The number of nitrogens with one attached hydrogen (secondary N) is 1. The number of rotatable bonds is 14. The number of hydrogen-bond acceptors (Lipinski definition) is 8. The molecule has 3 aromatic heterocycles. The van der Waals surface area contributed by atoms with Gasteiger partial charge in [-0.2, -0.15) is 0 Å². The summed E-state index contributed by atoms with van der Waals surface area (Å²) in [5.74, 6) is -0.431. The summed E-state index contributed by atoms with van der Waals surface area (Å²) >= 11 is 0. The second-order valence-electron chi connectivity index (χ2n) is 9.38. The number of hydrogen-bond donors (Lipinski definition) is 1. The Kier molecular flexibility index (Phi) is 10.8. The SMILES string of the molecule is COC(=O)Cc1ccc(NC(=O)CN(CCN(Cc2ccccn2)Cc2ccccn2)Cc2ccccn2)cc1. The molecule has 3 heterocycles. The molecular formula is C31H34N6O3. The molecule has 0 bridgehead atoms. The molecule has 1 amide bonds. The van der Waals surface area contributed by atoms with Crippen molar-refractivity contribution in [2.75, 3.05) is 32.1 Å². The molecule has 0 aliphatic rings. The van der Waals surface area contributed by atoms with Gasteiger partial charge in [0.2, 0.25) is 5.91 Å². The highest BCUT2D eigenvalue weighted by molar-refractivity contribution is 5.92. The number of pyridine rings is 3. The molecule has 0 unspecified atom stereocenters. The van der Waals surface area contributed by atoms with Crippen molar-refractivity contribution in [1.29, 1.82) is 0 Å². The maximum Gasteiger partial charge on any atom is 0.309 e. The zero-order chi connectivity index (χ0) is 28.0. The minimum atomic E-state index is -0.304. The second-order valence-corrected chi connectivity index (χ2v) is 9.38. The van der Waals surface area contributed by atoms with Crippen LogP contribution >= 0.6 is 0 Å². The van der Waals surface area contributed by atoms with Crippen LogP contribution in [0, 0.1) is 0 Å². The van der Waals surface area contributed by atoms with Crippen molar-refractivity contribution < 1.29 is 14.3 Å². The zero-order valence-corrected chi connectivity index (χ0v) is 22.6. The molecular weight excluding hydrogens is 504 g/mol. The molecule has 0 saturated carbocycles. The first kappa shape index (κ1) is 28.5. The molecule has 1 N–H and O–H groups in total. The van der Waals surface area contributed by atoms with Gasteiger partial charge >= 0.3 is 5.97 Å². The first-order valence-corrected chi connectivity index (χ1v) is 13.2. The third kappa shape index (κ3) is 9.68. The van der Waals surface area contributed by atoms with Gasteiger partial charge in [-0.3, -0.25) is 34.3 Å². The number of carbonyl (C=O) groups is 2. The van der Waals surface area contributed by atoms with Gasteiger partial charge in [0, 0.05) is 57.0 Å². The zero-order valence-electron chi connectivity index (χ0n) is 22.6. The Morgan fingerprint density at radius 2 is 1.20 bits per heavy atom. The van der Waals surface area contributed by atoms with Crippen LogP contribution in [0.25, 0.3) is 0 Å². The van der Waals surface area contributed by atoms with E-state index in [2.05, 4.69) is 30.1 Å². The third-order valence-electron chi connectivity index (χ3n) is 6.25. The van der Waals surface area contributed by atoms with E-state index in [4.69, 9.17) is 4.74 Å². The van der Waals surface area contributed by atoms with Gasteiger partial charge in [0.05, 0.1) is 37.2 Å². The first-order chi connectivity index (χ1) is 19.6. The largest absolute Gasteiger partial charge is 0.469 e. The summed E-state index contributed by atoms with van der Waals surface area (Å²) < 4.78 is 4.72. The van der Waals surface area contributed by atoms with Crippen LogP contribution in [0.15, 0.2) is 97.5 Å². The number of esters is 1. The molecule has 40 heavy (non-hydrogen) atoms. The van der Waals surface area contributed by atoms with Crippen molar-refractivity contribution in [2.24, 2.45) is 0 Å². The van der Waals surface area contributed by atoms with Gasteiger partial charge in [-0.25, -0.2) is 0 Å². The molecule has 0 spiro atoms. The fourth-order valence-electron chi connectivity index (χ4n) is 4.22. The van der Waals surface area contributed by atoms with Gasteiger partial charge in [0.25, 0.3) is 0 Å². The summed E-state index contributed by atoms with van der Waals surface area (Å²) in [6.45, 7) is 3.41. The fraction of sp³-hybridized carbons (Fsp3) is 0.258. The monoisotopic (exact) mass is 538 g/mol. The topological polar surface area (TPSA) is 101 Å². The third-order valence-corrected chi connectivity index (χ3v) is 6.25. The molecule has 0 aliphatic heterocycles. The minimum absolute atomic E-state index is 0.127. The maximum atomic E-state index is 13.1. The summed E-state index contributed by atoms with van der Waals surface area (Å²) in [4.78, 5) is 42.4. The Balaban J connectivity index is 1.42. The number of nitrogens with zero attached hydrogens (tertiary/aromatic N) is 5. The molecule has 0 fully saturated rings. The number of benzene rings is 1. The van der Waals surface area contributed by atoms with Gasteiger partial charge < -0.3 is 10.1 Å². The van der Waals surface area contributed by atoms with Gasteiger partial charge in [0.15, 0.2) is 0 Å². The molecule has 0 atom stereocenters. The Morgan fingerprint density at radius 1 is 0.700 bits per heavy atom. The van der Waals surface area contributed by atoms with E-state index < -0.39 is 0 Å². The summed E-state index contributed by atoms with van der Waals surface area (Å²) in [5.41, 5.74) is 4.33. The number of aromatic nitrogens is 3. The van der Waals surface area contributed by atoms with Crippen LogP contribution in [0.3, 0.4) is 0 Å². The predicted molar refractivity (Wildman–Crippen MR) is 153 cm³/mol. The van der Waals surface area contributed by atoms with Gasteiger partial charge in [-0.1, -0.05) is 30.3 Å². The molecule has 9 heteroatoms. The van der Waals surface area contributed by atoms with Crippen molar-refractivity contribution in [3.63, 3.8) is 0 Å². The Bertz CT molecular complexity index is 1280. The Morgan fingerprint density at radius 3 is 1.68 bits per heavy atom. The normalized spacial score (nSPS) is 11.0. The standard InChI is InChI=1S/C31H34N6O3/c1-40-31(39)20-25-11-13-26(14-12-25)35-30(38)24-37(23-29-10-4-7-17-34-29)19-18-36(21-27-8-2-5-15-32-27)22-28-9-3-6-16-33-28/h2-17H,18-24H2,1H3,(H,35,38). The average molecular weight is 539 g/mol. The fourth-order valence-corrected chi connectivity index (χ4v) is 4.22. The highest BCUT2D eigenvalue weighted by Gasteiger charge is 2.16. The molecule has 0 aliphatic carbocycles. The van der Waals surface area contributed by atoms with E-state index in [1.807, 2.05) is 66.7 Å². The summed E-state index contributed by atoms with van der Waals surface area (Å²) in [6, 6.07) is 24.8. The van der Waals surface area contributed by atoms with Crippen LogP contribution in [-0.2, 0) is 40.4 Å². The van der Waals surface area contributed by atoms with Crippen LogP contribution in [0.4, 0.5) is 5.69 Å². The quantitative estimate of drug-likeness (QED) is 0.243. The molecule has 4 rings (SSSR count). The molecule has 4 aromatic rings. The highest BCUT2D eigenvalue weighted by Crippen LogP contribution is 2.12. The lowest BCUT2D eigenvalue weighted by Crippen LogP contribution is -2.39. The average Bonchev–Trinajstić information content (AvgIpc) is 2.98. The number of anilines is 1. The number of amides is 1. The second kappa shape index (κ2) is 15.2. The van der Waals surface area contributed by atoms with Crippen molar-refractivity contribution >= 4 is 17.6 Å². The lowest BCUT2D eigenvalue weighted by molar-refractivity contribution is -0.139. The van der Waals surface area contributed by atoms with Gasteiger partial charge in [-0.15, -0.1) is 0 Å². The van der Waals surface area contributed by atoms with E-state index in [1.165, 1.54) is 7.11 Å². The van der Waals surface area contributed by atoms with Crippen LogP contribution < -0.4 is 5.32 Å². The number of methoxy groups -OCH3 is 1. The minimum Gasteiger partial charge on any atom is -0.469 e. The van der Waals surface area contributed by atoms with E-state index in [0.29, 0.717) is 38.4 Å². The van der Waals surface area contributed by atoms with Gasteiger partial charge in [0.1, 0.15) is 0 Å². The van der Waals surface area contributed by atoms with Crippen LogP contribution in [0.5, 0.6) is 0 Å². The number of ether oxygens (including phenoxy) is 1. The lowest BCUT2D eigenvalue weighted by atomic mass is 10.1. The molecule has 1 aromatic carbocycles. The summed E-state index contributed by atoms with van der Waals surface area (Å²) in [6.07, 6.45) is 5.55. The van der Waals surface area contributed by atoms with Crippen molar-refractivity contribution in [3.05, 3.63) is 120 Å². The van der Waals surface area contributed by atoms with Gasteiger partial charge in [-0.05, 0) is 54.1 Å². The lowest BCUT2D eigenvalue weighted by Gasteiger charge is -2.27. The highest BCUT2D eigenvalue weighted by atomic mass is 16.5. The van der Waals surface area contributed by atoms with E-state index in [1.54, 1.807) is 30.7 Å². The van der Waals surface area contributed by atoms with Crippen molar-refractivity contribution in [3.8, 4) is 0 Å². The molecule has 9 nitrogen and oxygen atoms in total. The number of carbonyl (C=O) groups excluding carboxylic acids is 2. The van der Waals surface area contributed by atoms with Crippen LogP contribution in [0.1, 0.15) is 22.6 Å². The van der Waals surface area contributed by atoms with E-state index in [0.717, 1.165) is 22.6 Å². The van der Waals surface area contributed by atoms with Crippen molar-refractivity contribution in [1.82, 2.24) is 24.8 Å².